The Kier molecular flexibility index (Phi) is 4.26. The van der Waals surface area contributed by atoms with E-state index in [1.54, 1.807) is 0 Å². The minimum absolute atomic E-state index is 0.283. The summed E-state index contributed by atoms with van der Waals surface area (Å²) in [4.78, 5) is 0. The zero-order valence-corrected chi connectivity index (χ0v) is 17.0. The van der Waals surface area contributed by atoms with E-state index in [2.05, 4.69) is 0 Å². The van der Waals surface area contributed by atoms with Crippen molar-refractivity contribution in [1.29, 1.82) is 0 Å². The van der Waals surface area contributed by atoms with Gasteiger partial charge in [-0.1, -0.05) is 49.7 Å². The Labute approximate surface area is 167 Å². The largest absolute Gasteiger partial charge is 0.395 e. The lowest BCUT2D eigenvalue weighted by atomic mass is 9.43. The van der Waals surface area contributed by atoms with Crippen LogP contribution in [0.4, 0.5) is 13.2 Å². The summed E-state index contributed by atoms with van der Waals surface area (Å²) in [6.45, 7) is 0. The van der Waals surface area contributed by atoms with Crippen molar-refractivity contribution in [2.24, 2.45) is 53.3 Å². The molecule has 9 unspecified atom stereocenters. The van der Waals surface area contributed by atoms with Crippen LogP contribution in [0.25, 0.3) is 0 Å². The predicted octanol–water partition coefficient (Wildman–Crippen LogP) is 7.54. The molecule has 6 rings (SSSR count). The van der Waals surface area contributed by atoms with Crippen LogP contribution in [0.1, 0.15) is 83.5 Å². The molecule has 0 saturated heterocycles. The Morgan fingerprint density at radius 1 is 0.536 bits per heavy atom. The van der Waals surface area contributed by atoms with Gasteiger partial charge in [0.2, 0.25) is 0 Å². The monoisotopic (exact) mass is 392 g/mol. The SMILES string of the molecule is FC(F)(F)C1CC2CCCCC2C2=C1C1CCCC3CCC4CCCC2C4C31. The molecular formula is C25H35F3. The Bertz CT molecular complexity index is 661. The molecule has 28 heavy (non-hydrogen) atoms. The van der Waals surface area contributed by atoms with E-state index in [4.69, 9.17) is 0 Å². The molecule has 4 fully saturated rings. The molecule has 0 heterocycles. The fourth-order valence-corrected chi connectivity index (χ4v) is 9.63. The van der Waals surface area contributed by atoms with Crippen LogP contribution in [0, 0.1) is 53.3 Å². The van der Waals surface area contributed by atoms with E-state index in [1.165, 1.54) is 63.4 Å². The second-order valence-corrected chi connectivity index (χ2v) is 11.2. The number of allylic oxidation sites excluding steroid dienone is 2. The zero-order chi connectivity index (χ0) is 19.0. The summed E-state index contributed by atoms with van der Waals surface area (Å²) in [5, 5.41) is 0. The number of fused-ring (bicyclic) bond motifs is 4. The van der Waals surface area contributed by atoms with Crippen molar-refractivity contribution in [3.63, 3.8) is 0 Å². The molecule has 0 radical (unpaired) electrons. The fourth-order valence-electron chi connectivity index (χ4n) is 9.63. The second-order valence-electron chi connectivity index (χ2n) is 11.2. The van der Waals surface area contributed by atoms with Gasteiger partial charge in [0.1, 0.15) is 0 Å². The van der Waals surface area contributed by atoms with Crippen LogP contribution in [0.3, 0.4) is 0 Å². The van der Waals surface area contributed by atoms with Gasteiger partial charge in [0.05, 0.1) is 5.92 Å². The molecule has 9 atom stereocenters. The standard InChI is InChI=1S/C25H35F3/c26-25(27,28)20-13-16-5-1-2-8-17(16)23-18-9-3-6-14-11-12-15-7-4-10-19(24(20)23)22(15)21(14)18/h14-22H,1-13H2. The predicted molar refractivity (Wildman–Crippen MR) is 105 cm³/mol. The molecule has 6 aliphatic rings. The van der Waals surface area contributed by atoms with Gasteiger partial charge in [-0.2, -0.15) is 13.2 Å². The molecule has 0 aromatic carbocycles. The molecule has 6 aliphatic carbocycles. The van der Waals surface area contributed by atoms with Crippen molar-refractivity contribution in [3.05, 3.63) is 11.1 Å². The lowest BCUT2D eigenvalue weighted by Crippen LogP contribution is -2.55. The average Bonchev–Trinajstić information content (AvgIpc) is 2.71. The zero-order valence-electron chi connectivity index (χ0n) is 17.0. The summed E-state index contributed by atoms with van der Waals surface area (Å²) in [5.41, 5.74) is 2.42. The second kappa shape index (κ2) is 6.51. The Balaban J connectivity index is 1.54. The van der Waals surface area contributed by atoms with Crippen LogP contribution >= 0.6 is 0 Å². The summed E-state index contributed by atoms with van der Waals surface area (Å²) in [5.74, 6) is 3.42. The molecular weight excluding hydrogens is 357 g/mol. The summed E-state index contributed by atoms with van der Waals surface area (Å²) in [7, 11) is 0. The first-order chi connectivity index (χ1) is 13.5. The average molecular weight is 393 g/mol. The van der Waals surface area contributed by atoms with E-state index in [0.717, 1.165) is 42.6 Å². The Hall–Kier alpha value is -0.470. The lowest BCUT2D eigenvalue weighted by molar-refractivity contribution is -0.180. The van der Waals surface area contributed by atoms with Gasteiger partial charge in [-0.25, -0.2) is 0 Å². The van der Waals surface area contributed by atoms with Crippen LogP contribution < -0.4 is 0 Å². The van der Waals surface area contributed by atoms with E-state index in [1.807, 2.05) is 0 Å². The maximum atomic E-state index is 14.4. The van der Waals surface area contributed by atoms with E-state index in [-0.39, 0.29) is 5.92 Å². The molecule has 0 aromatic heterocycles. The number of hydrogen-bond donors (Lipinski definition) is 0. The third-order valence-electron chi connectivity index (χ3n) is 10.3. The Morgan fingerprint density at radius 3 is 1.71 bits per heavy atom. The van der Waals surface area contributed by atoms with E-state index >= 15 is 0 Å². The molecule has 0 aromatic rings. The highest BCUT2D eigenvalue weighted by Crippen LogP contribution is 2.67. The smallest absolute Gasteiger partial charge is 0.170 e. The van der Waals surface area contributed by atoms with Gasteiger partial charge in [0, 0.05) is 0 Å². The molecule has 156 valence electrons. The Morgan fingerprint density at radius 2 is 1.07 bits per heavy atom. The number of hydrogen-bond acceptors (Lipinski definition) is 0. The molecule has 4 saturated carbocycles. The highest BCUT2D eigenvalue weighted by molar-refractivity contribution is 5.36. The lowest BCUT2D eigenvalue weighted by Gasteiger charge is -2.62. The number of halogens is 3. The third-order valence-corrected chi connectivity index (χ3v) is 10.3. The third kappa shape index (κ3) is 2.56. The summed E-state index contributed by atoms with van der Waals surface area (Å²) < 4.78 is 43.2. The van der Waals surface area contributed by atoms with Crippen molar-refractivity contribution in [2.75, 3.05) is 0 Å². The van der Waals surface area contributed by atoms with Crippen molar-refractivity contribution in [2.45, 2.75) is 89.6 Å². The molecule has 0 spiro atoms. The number of rotatable bonds is 0. The van der Waals surface area contributed by atoms with Crippen molar-refractivity contribution in [1.82, 2.24) is 0 Å². The molecule has 3 heteroatoms. The van der Waals surface area contributed by atoms with Crippen molar-refractivity contribution < 1.29 is 13.2 Å². The van der Waals surface area contributed by atoms with Gasteiger partial charge in [0.15, 0.2) is 0 Å². The molecule has 0 aliphatic heterocycles. The van der Waals surface area contributed by atoms with Crippen LogP contribution in [0.15, 0.2) is 11.1 Å². The highest BCUT2D eigenvalue weighted by atomic mass is 19.4. The van der Waals surface area contributed by atoms with Gasteiger partial charge in [-0.15, -0.1) is 0 Å². The van der Waals surface area contributed by atoms with Gasteiger partial charge < -0.3 is 0 Å². The highest BCUT2D eigenvalue weighted by Gasteiger charge is 2.60. The molecule has 0 N–H and O–H groups in total. The van der Waals surface area contributed by atoms with Crippen molar-refractivity contribution in [3.8, 4) is 0 Å². The van der Waals surface area contributed by atoms with Gasteiger partial charge in [-0.05, 0) is 92.3 Å². The normalized spacial score (nSPS) is 50.5. The molecule has 0 amide bonds. The fraction of sp³-hybridized carbons (Fsp3) is 0.920. The van der Waals surface area contributed by atoms with Crippen LogP contribution in [-0.4, -0.2) is 6.18 Å². The van der Waals surface area contributed by atoms with Crippen LogP contribution in [0.5, 0.6) is 0 Å². The molecule has 0 bridgehead atoms. The number of alkyl halides is 3. The summed E-state index contributed by atoms with van der Waals surface area (Å²) >= 11 is 0. The minimum atomic E-state index is -4.04. The van der Waals surface area contributed by atoms with Crippen LogP contribution in [0.2, 0.25) is 0 Å². The first-order valence-electron chi connectivity index (χ1n) is 12.3. The maximum Gasteiger partial charge on any atom is 0.395 e. The van der Waals surface area contributed by atoms with Gasteiger partial charge >= 0.3 is 6.18 Å². The topological polar surface area (TPSA) is 0 Å². The minimum Gasteiger partial charge on any atom is -0.170 e. The van der Waals surface area contributed by atoms with E-state index in [0.29, 0.717) is 30.1 Å². The van der Waals surface area contributed by atoms with E-state index in [9.17, 15) is 13.2 Å². The van der Waals surface area contributed by atoms with Crippen LogP contribution in [-0.2, 0) is 0 Å². The maximum absolute atomic E-state index is 14.4. The first kappa shape index (κ1) is 18.3. The van der Waals surface area contributed by atoms with Gasteiger partial charge in [-0.3, -0.25) is 0 Å². The summed E-state index contributed by atoms with van der Waals surface area (Å²) in [6.07, 6.45) is 11.0. The van der Waals surface area contributed by atoms with Crippen molar-refractivity contribution >= 4 is 0 Å². The van der Waals surface area contributed by atoms with Gasteiger partial charge in [0.25, 0.3) is 0 Å². The summed E-state index contributed by atoms with van der Waals surface area (Å²) in [6, 6.07) is 0. The molecule has 0 nitrogen and oxygen atoms in total. The quantitative estimate of drug-likeness (QED) is 0.373. The van der Waals surface area contributed by atoms with E-state index < -0.39 is 12.1 Å². The first-order valence-corrected chi connectivity index (χ1v) is 12.3.